The molecule has 0 saturated heterocycles. The number of carbonyl (C=O) groups is 1. The first-order valence-electron chi connectivity index (χ1n) is 7.35. The van der Waals surface area contributed by atoms with Crippen molar-refractivity contribution in [1.29, 1.82) is 0 Å². The Morgan fingerprint density at radius 2 is 1.74 bits per heavy atom. The molecule has 2 aromatic rings. The predicted molar refractivity (Wildman–Crippen MR) is 91.6 cm³/mol. The van der Waals surface area contributed by atoms with Crippen molar-refractivity contribution in [3.05, 3.63) is 81.4 Å². The molecule has 4 heteroatoms. The Morgan fingerprint density at radius 1 is 1.09 bits per heavy atom. The number of benzene rings is 2. The molecule has 0 radical (unpaired) electrons. The van der Waals surface area contributed by atoms with Crippen molar-refractivity contribution in [3.63, 3.8) is 0 Å². The first kappa shape index (κ1) is 16.6. The van der Waals surface area contributed by atoms with Gasteiger partial charge in [-0.2, -0.15) is 0 Å². The van der Waals surface area contributed by atoms with E-state index in [9.17, 15) is 14.9 Å². The highest BCUT2D eigenvalue weighted by molar-refractivity contribution is 6.06. The van der Waals surface area contributed by atoms with Crippen LogP contribution in [0.5, 0.6) is 0 Å². The lowest BCUT2D eigenvalue weighted by Crippen LogP contribution is -2.11. The summed E-state index contributed by atoms with van der Waals surface area (Å²) in [5.74, 6) is -0.128. The quantitative estimate of drug-likeness (QED) is 0.353. The number of nitro benzene ring substituents is 1. The Labute approximate surface area is 135 Å². The first-order valence-corrected chi connectivity index (χ1v) is 7.35. The third-order valence-electron chi connectivity index (χ3n) is 3.54. The molecule has 0 heterocycles. The monoisotopic (exact) mass is 309 g/mol. The second kappa shape index (κ2) is 6.57. The topological polar surface area (TPSA) is 60.2 Å². The molecule has 2 rings (SSSR count). The van der Waals surface area contributed by atoms with Gasteiger partial charge in [0.15, 0.2) is 5.78 Å². The average molecular weight is 309 g/mol. The van der Waals surface area contributed by atoms with Gasteiger partial charge in [-0.3, -0.25) is 14.9 Å². The Bertz CT molecular complexity index is 753. The number of nitrogens with zero attached hydrogens (tertiary/aromatic N) is 1. The number of ketones is 1. The van der Waals surface area contributed by atoms with Crippen molar-refractivity contribution in [2.45, 2.75) is 26.2 Å². The summed E-state index contributed by atoms with van der Waals surface area (Å²) in [4.78, 5) is 22.5. The van der Waals surface area contributed by atoms with E-state index >= 15 is 0 Å². The summed E-state index contributed by atoms with van der Waals surface area (Å²) in [6, 6.07) is 13.7. The average Bonchev–Trinajstić information content (AvgIpc) is 2.52. The molecule has 0 fully saturated rings. The van der Waals surface area contributed by atoms with Crippen LogP contribution in [0.3, 0.4) is 0 Å². The molecule has 0 spiro atoms. The first-order chi connectivity index (χ1) is 10.8. The van der Waals surface area contributed by atoms with E-state index in [1.165, 1.54) is 18.2 Å². The molecule has 0 aliphatic rings. The minimum Gasteiger partial charge on any atom is -0.289 e. The SMILES string of the molecule is CC(C)(C)c1ccc(C(=O)C=Cc2cccc([N+](=O)[O-])c2)cc1. The Hall–Kier alpha value is -2.75. The van der Waals surface area contributed by atoms with Crippen LogP contribution in [0.15, 0.2) is 54.6 Å². The van der Waals surface area contributed by atoms with Crippen molar-refractivity contribution in [2.24, 2.45) is 0 Å². The van der Waals surface area contributed by atoms with Gasteiger partial charge < -0.3 is 0 Å². The van der Waals surface area contributed by atoms with Gasteiger partial charge in [-0.25, -0.2) is 0 Å². The number of hydrogen-bond donors (Lipinski definition) is 0. The van der Waals surface area contributed by atoms with Gasteiger partial charge in [0.1, 0.15) is 0 Å². The lowest BCUT2D eigenvalue weighted by atomic mass is 9.86. The third kappa shape index (κ3) is 4.36. The van der Waals surface area contributed by atoms with Crippen LogP contribution in [0.4, 0.5) is 5.69 Å². The maximum atomic E-state index is 12.2. The van der Waals surface area contributed by atoms with Gasteiger partial charge in [0.05, 0.1) is 4.92 Å². The Kier molecular flexibility index (Phi) is 4.74. The van der Waals surface area contributed by atoms with Crippen LogP contribution in [0.2, 0.25) is 0 Å². The van der Waals surface area contributed by atoms with Gasteiger partial charge in [-0.05, 0) is 22.6 Å². The highest BCUT2D eigenvalue weighted by Crippen LogP contribution is 2.22. The van der Waals surface area contributed by atoms with E-state index in [2.05, 4.69) is 20.8 Å². The van der Waals surface area contributed by atoms with Crippen LogP contribution >= 0.6 is 0 Å². The van der Waals surface area contributed by atoms with Crippen LogP contribution in [0.1, 0.15) is 42.3 Å². The molecule has 0 aliphatic carbocycles. The van der Waals surface area contributed by atoms with E-state index in [1.54, 1.807) is 30.3 Å². The summed E-state index contributed by atoms with van der Waals surface area (Å²) >= 11 is 0. The Balaban J connectivity index is 2.15. The molecule has 2 aromatic carbocycles. The number of carbonyl (C=O) groups excluding carboxylic acids is 1. The van der Waals surface area contributed by atoms with Crippen LogP contribution in [0, 0.1) is 10.1 Å². The van der Waals surface area contributed by atoms with E-state index < -0.39 is 4.92 Å². The van der Waals surface area contributed by atoms with E-state index in [4.69, 9.17) is 0 Å². The highest BCUT2D eigenvalue weighted by atomic mass is 16.6. The van der Waals surface area contributed by atoms with Gasteiger partial charge in [-0.15, -0.1) is 0 Å². The maximum absolute atomic E-state index is 12.2. The third-order valence-corrected chi connectivity index (χ3v) is 3.54. The van der Waals surface area contributed by atoms with E-state index in [0.29, 0.717) is 11.1 Å². The second-order valence-electron chi connectivity index (χ2n) is 6.38. The molecule has 23 heavy (non-hydrogen) atoms. The van der Waals surface area contributed by atoms with E-state index in [0.717, 1.165) is 5.56 Å². The van der Waals surface area contributed by atoms with Crippen molar-refractivity contribution in [3.8, 4) is 0 Å². The molecule has 0 N–H and O–H groups in total. The molecular weight excluding hydrogens is 290 g/mol. The summed E-state index contributed by atoms with van der Waals surface area (Å²) in [5, 5.41) is 10.7. The summed E-state index contributed by atoms with van der Waals surface area (Å²) in [7, 11) is 0. The number of hydrogen-bond acceptors (Lipinski definition) is 3. The molecule has 0 saturated carbocycles. The van der Waals surface area contributed by atoms with Crippen LogP contribution in [0.25, 0.3) is 6.08 Å². The number of non-ortho nitro benzene ring substituents is 1. The molecule has 0 aromatic heterocycles. The molecule has 0 unspecified atom stereocenters. The molecule has 0 aliphatic heterocycles. The van der Waals surface area contributed by atoms with Crippen molar-refractivity contribution in [1.82, 2.24) is 0 Å². The normalized spacial score (nSPS) is 11.6. The van der Waals surface area contributed by atoms with Crippen LogP contribution in [-0.2, 0) is 5.41 Å². The molecule has 4 nitrogen and oxygen atoms in total. The molecule has 0 bridgehead atoms. The van der Waals surface area contributed by atoms with Crippen molar-refractivity contribution < 1.29 is 9.72 Å². The standard InChI is InChI=1S/C19H19NO3/c1-19(2,3)16-10-8-15(9-11-16)18(21)12-7-14-5-4-6-17(13-14)20(22)23/h4-13H,1-3H3. The van der Waals surface area contributed by atoms with Gasteiger partial charge in [0, 0.05) is 17.7 Å². The second-order valence-corrected chi connectivity index (χ2v) is 6.38. The number of nitro groups is 1. The van der Waals surface area contributed by atoms with Crippen LogP contribution in [-0.4, -0.2) is 10.7 Å². The summed E-state index contributed by atoms with van der Waals surface area (Å²) in [6.07, 6.45) is 3.03. The summed E-state index contributed by atoms with van der Waals surface area (Å²) < 4.78 is 0. The zero-order chi connectivity index (χ0) is 17.0. The summed E-state index contributed by atoms with van der Waals surface area (Å²) in [5.41, 5.74) is 2.44. The van der Waals surface area contributed by atoms with Gasteiger partial charge in [-0.1, -0.05) is 63.2 Å². The maximum Gasteiger partial charge on any atom is 0.270 e. The van der Waals surface area contributed by atoms with Gasteiger partial charge >= 0.3 is 0 Å². The fourth-order valence-corrected chi connectivity index (χ4v) is 2.14. The highest BCUT2D eigenvalue weighted by Gasteiger charge is 2.13. The zero-order valence-corrected chi connectivity index (χ0v) is 13.4. The Morgan fingerprint density at radius 3 is 2.30 bits per heavy atom. The number of allylic oxidation sites excluding steroid dienone is 1. The minimum atomic E-state index is -0.454. The van der Waals surface area contributed by atoms with Crippen molar-refractivity contribution >= 4 is 17.5 Å². The van der Waals surface area contributed by atoms with Gasteiger partial charge in [0.2, 0.25) is 0 Å². The van der Waals surface area contributed by atoms with Gasteiger partial charge in [0.25, 0.3) is 5.69 Å². The fourth-order valence-electron chi connectivity index (χ4n) is 2.14. The smallest absolute Gasteiger partial charge is 0.270 e. The molecule has 0 amide bonds. The fraction of sp³-hybridized carbons (Fsp3) is 0.211. The summed E-state index contributed by atoms with van der Waals surface area (Å²) in [6.45, 7) is 6.35. The minimum absolute atomic E-state index is 0.00845. The molecular formula is C19H19NO3. The lowest BCUT2D eigenvalue weighted by molar-refractivity contribution is -0.384. The van der Waals surface area contributed by atoms with Crippen LogP contribution < -0.4 is 0 Å². The largest absolute Gasteiger partial charge is 0.289 e. The molecule has 0 atom stereocenters. The van der Waals surface area contributed by atoms with Crippen molar-refractivity contribution in [2.75, 3.05) is 0 Å². The predicted octanol–water partition coefficient (Wildman–Crippen LogP) is 4.79. The number of rotatable bonds is 4. The van der Waals surface area contributed by atoms with E-state index in [1.807, 2.05) is 12.1 Å². The van der Waals surface area contributed by atoms with E-state index in [-0.39, 0.29) is 16.9 Å². The zero-order valence-electron chi connectivity index (χ0n) is 13.4. The molecule has 118 valence electrons. The lowest BCUT2D eigenvalue weighted by Gasteiger charge is -2.18.